The lowest BCUT2D eigenvalue weighted by Gasteiger charge is -2.11. The maximum absolute atomic E-state index is 12.0. The minimum Gasteiger partial charge on any atom is -0.497 e. The Bertz CT molecular complexity index is 682. The van der Waals surface area contributed by atoms with Gasteiger partial charge in [-0.3, -0.25) is 9.59 Å². The highest BCUT2D eigenvalue weighted by molar-refractivity contribution is 5.91. The van der Waals surface area contributed by atoms with Crippen molar-refractivity contribution in [2.75, 3.05) is 27.3 Å². The molecule has 0 saturated heterocycles. The van der Waals surface area contributed by atoms with Crippen molar-refractivity contribution in [1.29, 1.82) is 0 Å². The van der Waals surface area contributed by atoms with Crippen LogP contribution in [0.25, 0.3) is 0 Å². The van der Waals surface area contributed by atoms with Gasteiger partial charge < -0.3 is 24.5 Å². The summed E-state index contributed by atoms with van der Waals surface area (Å²) in [6.45, 7) is 0.634. The topological polar surface area (TPSA) is 89.8 Å². The van der Waals surface area contributed by atoms with E-state index in [0.717, 1.165) is 5.56 Å². The van der Waals surface area contributed by atoms with E-state index >= 15 is 0 Å². The van der Waals surface area contributed by atoms with Gasteiger partial charge in [-0.2, -0.15) is 0 Å². The molecule has 0 saturated carbocycles. The fourth-order valence-electron chi connectivity index (χ4n) is 2.11. The molecule has 2 aromatic rings. The van der Waals surface area contributed by atoms with Crippen molar-refractivity contribution in [1.82, 2.24) is 10.6 Å². The van der Waals surface area contributed by atoms with Gasteiger partial charge in [0.05, 0.1) is 26.9 Å². The van der Waals surface area contributed by atoms with Gasteiger partial charge in [-0.05, 0) is 18.2 Å². The molecule has 0 aliphatic carbocycles. The van der Waals surface area contributed by atoms with Crippen molar-refractivity contribution >= 4 is 11.8 Å². The normalized spacial score (nSPS) is 10.1. The highest BCUT2D eigenvalue weighted by atomic mass is 16.5. The monoisotopic (exact) mass is 332 g/mol. The quantitative estimate of drug-likeness (QED) is 0.713. The third kappa shape index (κ3) is 4.77. The van der Waals surface area contributed by atoms with Gasteiger partial charge in [0.2, 0.25) is 5.91 Å². The summed E-state index contributed by atoms with van der Waals surface area (Å²) in [4.78, 5) is 23.6. The highest BCUT2D eigenvalue weighted by Gasteiger charge is 2.10. The fraction of sp³-hybridized carbons (Fsp3) is 0.294. The van der Waals surface area contributed by atoms with E-state index in [1.54, 1.807) is 44.6 Å². The SMILES string of the molecule is COc1ccc(CC(=O)NCCNC(=O)c2ccco2)c(OC)c1. The van der Waals surface area contributed by atoms with E-state index in [0.29, 0.717) is 24.6 Å². The molecular weight excluding hydrogens is 312 g/mol. The number of nitrogens with one attached hydrogen (secondary N) is 2. The predicted molar refractivity (Wildman–Crippen MR) is 87.3 cm³/mol. The van der Waals surface area contributed by atoms with Crippen LogP contribution in [0.5, 0.6) is 11.5 Å². The summed E-state index contributed by atoms with van der Waals surface area (Å²) in [6, 6.07) is 8.50. The molecule has 0 bridgehead atoms. The van der Waals surface area contributed by atoms with Crippen molar-refractivity contribution in [3.8, 4) is 11.5 Å². The second-order valence-corrected chi connectivity index (χ2v) is 4.94. The Balaban J connectivity index is 1.76. The summed E-state index contributed by atoms with van der Waals surface area (Å²) in [7, 11) is 3.11. The maximum Gasteiger partial charge on any atom is 0.287 e. The molecular formula is C17H20N2O5. The molecule has 0 unspecified atom stereocenters. The van der Waals surface area contributed by atoms with Crippen LogP contribution in [0, 0.1) is 0 Å². The van der Waals surface area contributed by atoms with Crippen LogP contribution in [0.2, 0.25) is 0 Å². The van der Waals surface area contributed by atoms with Crippen LogP contribution < -0.4 is 20.1 Å². The first kappa shape index (κ1) is 17.4. The van der Waals surface area contributed by atoms with Crippen molar-refractivity contribution in [2.24, 2.45) is 0 Å². The largest absolute Gasteiger partial charge is 0.497 e. The van der Waals surface area contributed by atoms with Gasteiger partial charge in [0, 0.05) is 24.7 Å². The zero-order valence-electron chi connectivity index (χ0n) is 13.6. The number of methoxy groups -OCH3 is 2. The first-order chi connectivity index (χ1) is 11.6. The van der Waals surface area contributed by atoms with Crippen LogP contribution in [0.3, 0.4) is 0 Å². The van der Waals surface area contributed by atoms with Gasteiger partial charge in [0.25, 0.3) is 5.91 Å². The van der Waals surface area contributed by atoms with E-state index in [-0.39, 0.29) is 24.0 Å². The molecule has 2 amide bonds. The molecule has 0 spiro atoms. The number of benzene rings is 1. The Morgan fingerprint density at radius 1 is 1.08 bits per heavy atom. The van der Waals surface area contributed by atoms with Crippen LogP contribution in [0.1, 0.15) is 16.1 Å². The van der Waals surface area contributed by atoms with E-state index < -0.39 is 0 Å². The van der Waals surface area contributed by atoms with Gasteiger partial charge in [0.1, 0.15) is 11.5 Å². The smallest absolute Gasteiger partial charge is 0.287 e. The Kier molecular flexibility index (Phi) is 6.24. The zero-order valence-corrected chi connectivity index (χ0v) is 13.6. The Morgan fingerprint density at radius 2 is 1.88 bits per heavy atom. The molecule has 7 heteroatoms. The second-order valence-electron chi connectivity index (χ2n) is 4.94. The summed E-state index contributed by atoms with van der Waals surface area (Å²) in [5, 5.41) is 5.39. The maximum atomic E-state index is 12.0. The summed E-state index contributed by atoms with van der Waals surface area (Å²) in [5.74, 6) is 1.02. The zero-order chi connectivity index (χ0) is 17.4. The van der Waals surface area contributed by atoms with Gasteiger partial charge in [-0.15, -0.1) is 0 Å². The fourth-order valence-corrected chi connectivity index (χ4v) is 2.11. The molecule has 0 atom stereocenters. The Labute approximate surface area is 139 Å². The molecule has 0 fully saturated rings. The average molecular weight is 332 g/mol. The van der Waals surface area contributed by atoms with E-state index in [9.17, 15) is 9.59 Å². The number of amides is 2. The van der Waals surface area contributed by atoms with Gasteiger partial charge >= 0.3 is 0 Å². The lowest BCUT2D eigenvalue weighted by molar-refractivity contribution is -0.120. The molecule has 2 rings (SSSR count). The number of hydrogen-bond acceptors (Lipinski definition) is 5. The highest BCUT2D eigenvalue weighted by Crippen LogP contribution is 2.24. The number of carbonyl (C=O) groups is 2. The molecule has 0 aliphatic rings. The van der Waals surface area contributed by atoms with E-state index in [1.807, 2.05) is 0 Å². The van der Waals surface area contributed by atoms with Crippen LogP contribution in [0.4, 0.5) is 0 Å². The molecule has 2 N–H and O–H groups in total. The molecule has 0 radical (unpaired) electrons. The average Bonchev–Trinajstić information content (AvgIpc) is 3.13. The standard InChI is InChI=1S/C17H20N2O5/c1-22-13-6-5-12(15(11-13)23-2)10-16(20)18-7-8-19-17(21)14-4-3-9-24-14/h3-6,9,11H,7-8,10H2,1-2H3,(H,18,20)(H,19,21). The molecule has 24 heavy (non-hydrogen) atoms. The number of rotatable bonds is 8. The van der Waals surface area contributed by atoms with Gasteiger partial charge in [0.15, 0.2) is 5.76 Å². The van der Waals surface area contributed by atoms with E-state index in [1.165, 1.54) is 6.26 Å². The van der Waals surface area contributed by atoms with Crippen LogP contribution >= 0.6 is 0 Å². The van der Waals surface area contributed by atoms with Crippen molar-refractivity contribution in [3.05, 3.63) is 47.9 Å². The molecule has 1 heterocycles. The minimum atomic E-state index is -0.314. The van der Waals surface area contributed by atoms with Crippen molar-refractivity contribution in [3.63, 3.8) is 0 Å². The summed E-state index contributed by atoms with van der Waals surface area (Å²) >= 11 is 0. The second kappa shape index (κ2) is 8.61. The molecule has 128 valence electrons. The third-order valence-electron chi connectivity index (χ3n) is 3.32. The minimum absolute atomic E-state index is 0.161. The number of ether oxygens (including phenoxy) is 2. The lowest BCUT2D eigenvalue weighted by Crippen LogP contribution is -2.35. The summed E-state index contributed by atoms with van der Waals surface area (Å²) in [5.41, 5.74) is 0.760. The van der Waals surface area contributed by atoms with Crippen LogP contribution in [-0.4, -0.2) is 39.1 Å². The van der Waals surface area contributed by atoms with E-state index in [2.05, 4.69) is 10.6 Å². The van der Waals surface area contributed by atoms with Crippen molar-refractivity contribution in [2.45, 2.75) is 6.42 Å². The Morgan fingerprint density at radius 3 is 2.54 bits per heavy atom. The van der Waals surface area contributed by atoms with Gasteiger partial charge in [-0.25, -0.2) is 0 Å². The summed E-state index contributed by atoms with van der Waals surface area (Å²) < 4.78 is 15.4. The number of carbonyl (C=O) groups excluding carboxylic acids is 2. The molecule has 1 aromatic heterocycles. The first-order valence-electron chi connectivity index (χ1n) is 7.43. The van der Waals surface area contributed by atoms with E-state index in [4.69, 9.17) is 13.9 Å². The predicted octanol–water partition coefficient (Wildman–Crippen LogP) is 1.39. The number of furan rings is 1. The first-order valence-corrected chi connectivity index (χ1v) is 7.43. The molecule has 0 aliphatic heterocycles. The van der Waals surface area contributed by atoms with Crippen LogP contribution in [-0.2, 0) is 11.2 Å². The Hall–Kier alpha value is -2.96. The lowest BCUT2D eigenvalue weighted by atomic mass is 10.1. The third-order valence-corrected chi connectivity index (χ3v) is 3.32. The molecule has 7 nitrogen and oxygen atoms in total. The van der Waals surface area contributed by atoms with Crippen LogP contribution in [0.15, 0.2) is 41.0 Å². The number of hydrogen-bond donors (Lipinski definition) is 2. The van der Waals surface area contributed by atoms with Crippen molar-refractivity contribution < 1.29 is 23.5 Å². The molecule has 1 aromatic carbocycles. The van der Waals surface area contributed by atoms with Gasteiger partial charge in [-0.1, -0.05) is 6.07 Å². The summed E-state index contributed by atoms with van der Waals surface area (Å²) in [6.07, 6.45) is 1.61.